The molecule has 5 nitrogen and oxygen atoms in total. The third-order valence-electron chi connectivity index (χ3n) is 4.27. The highest BCUT2D eigenvalue weighted by atomic mass is 16.5. The van der Waals surface area contributed by atoms with Gasteiger partial charge in [-0.25, -0.2) is 0 Å². The van der Waals surface area contributed by atoms with Crippen molar-refractivity contribution in [2.24, 2.45) is 0 Å². The molecule has 0 fully saturated rings. The maximum Gasteiger partial charge on any atom is 0.291 e. The van der Waals surface area contributed by atoms with Gasteiger partial charge < -0.3 is 14.5 Å². The summed E-state index contributed by atoms with van der Waals surface area (Å²) >= 11 is 0. The second-order valence-electron chi connectivity index (χ2n) is 6.18. The average Bonchev–Trinajstić information content (AvgIpc) is 3.21. The first-order valence-corrected chi connectivity index (χ1v) is 8.74. The number of benzene rings is 3. The largest absolute Gasteiger partial charge is 0.484 e. The van der Waals surface area contributed by atoms with Crippen LogP contribution in [-0.2, 0) is 6.61 Å². The van der Waals surface area contributed by atoms with Crippen molar-refractivity contribution in [2.45, 2.75) is 6.61 Å². The van der Waals surface area contributed by atoms with Gasteiger partial charge in [-0.15, -0.1) is 0 Å². The molecule has 28 heavy (non-hydrogen) atoms. The minimum atomic E-state index is -0.334. The monoisotopic (exact) mass is 368 g/mol. The minimum Gasteiger partial charge on any atom is -0.484 e. The molecule has 0 atom stereocenters. The number of fused-ring (bicyclic) bond motifs is 1. The number of anilines is 1. The average molecular weight is 368 g/mol. The van der Waals surface area contributed by atoms with Crippen LogP contribution in [0.5, 0.6) is 5.75 Å². The second-order valence-corrected chi connectivity index (χ2v) is 6.18. The minimum absolute atomic E-state index is 0.127. The van der Waals surface area contributed by atoms with Gasteiger partial charge in [-0.05, 0) is 47.2 Å². The van der Waals surface area contributed by atoms with E-state index in [2.05, 4.69) is 11.4 Å². The van der Waals surface area contributed by atoms with E-state index in [0.717, 1.165) is 10.8 Å². The number of rotatable bonds is 5. The molecule has 0 aliphatic rings. The lowest BCUT2D eigenvalue weighted by molar-refractivity contribution is 0.0992. The molecule has 136 valence electrons. The molecule has 1 N–H and O–H groups in total. The summed E-state index contributed by atoms with van der Waals surface area (Å²) in [6.45, 7) is 0.127. The van der Waals surface area contributed by atoms with Gasteiger partial charge in [-0.1, -0.05) is 42.5 Å². The van der Waals surface area contributed by atoms with E-state index < -0.39 is 0 Å². The van der Waals surface area contributed by atoms with Crippen LogP contribution in [0.4, 0.5) is 5.69 Å². The van der Waals surface area contributed by atoms with Gasteiger partial charge in [0.1, 0.15) is 24.2 Å². The second kappa shape index (κ2) is 7.68. The lowest BCUT2D eigenvalue weighted by Gasteiger charge is -2.06. The highest BCUT2D eigenvalue weighted by molar-refractivity contribution is 6.03. The van der Waals surface area contributed by atoms with E-state index >= 15 is 0 Å². The van der Waals surface area contributed by atoms with E-state index in [1.54, 1.807) is 36.4 Å². The maximum absolute atomic E-state index is 12.4. The van der Waals surface area contributed by atoms with Crippen LogP contribution in [-0.4, -0.2) is 5.91 Å². The van der Waals surface area contributed by atoms with Gasteiger partial charge in [0.2, 0.25) is 0 Å². The zero-order chi connectivity index (χ0) is 19.3. The van der Waals surface area contributed by atoms with Crippen LogP contribution < -0.4 is 10.1 Å². The zero-order valence-electron chi connectivity index (χ0n) is 14.9. The van der Waals surface area contributed by atoms with Gasteiger partial charge in [0.05, 0.1) is 5.56 Å². The fourth-order valence-corrected chi connectivity index (χ4v) is 2.87. The summed E-state index contributed by atoms with van der Waals surface area (Å²) in [7, 11) is 0. The van der Waals surface area contributed by atoms with Crippen LogP contribution in [0.15, 0.2) is 83.3 Å². The Morgan fingerprint density at radius 3 is 2.61 bits per heavy atom. The fourth-order valence-electron chi connectivity index (χ4n) is 2.87. The summed E-state index contributed by atoms with van der Waals surface area (Å²) in [5.41, 5.74) is 1.14. The first-order valence-electron chi connectivity index (χ1n) is 8.74. The number of para-hydroxylation sites is 1. The maximum atomic E-state index is 12.4. The molecular weight excluding hydrogens is 352 g/mol. The molecule has 1 aromatic heterocycles. The lowest BCUT2D eigenvalue weighted by Crippen LogP contribution is -2.10. The van der Waals surface area contributed by atoms with Gasteiger partial charge in [-0.3, -0.25) is 4.79 Å². The SMILES string of the molecule is N#Cc1ccccc1OCc1ccc(C(=O)Nc2ccc3ccccc3c2)o1. The van der Waals surface area contributed by atoms with Crippen molar-refractivity contribution >= 4 is 22.4 Å². The number of amides is 1. The van der Waals surface area contributed by atoms with E-state index in [1.165, 1.54) is 0 Å². The zero-order valence-corrected chi connectivity index (χ0v) is 14.9. The van der Waals surface area contributed by atoms with E-state index in [-0.39, 0.29) is 18.3 Å². The van der Waals surface area contributed by atoms with Gasteiger partial charge in [0.15, 0.2) is 5.76 Å². The Bertz CT molecular complexity index is 1190. The van der Waals surface area contributed by atoms with Crippen molar-refractivity contribution < 1.29 is 13.9 Å². The molecule has 5 heteroatoms. The summed E-state index contributed by atoms with van der Waals surface area (Å²) in [6.07, 6.45) is 0. The van der Waals surface area contributed by atoms with E-state index in [1.807, 2.05) is 42.5 Å². The Labute approximate surface area is 161 Å². The molecular formula is C23H16N2O3. The van der Waals surface area contributed by atoms with Crippen molar-refractivity contribution in [3.63, 3.8) is 0 Å². The van der Waals surface area contributed by atoms with Gasteiger partial charge in [0, 0.05) is 5.69 Å². The molecule has 1 heterocycles. The van der Waals surface area contributed by atoms with E-state index in [0.29, 0.717) is 22.8 Å². The number of nitriles is 1. The van der Waals surface area contributed by atoms with Crippen molar-refractivity contribution in [1.82, 2.24) is 0 Å². The number of nitrogens with zero attached hydrogens (tertiary/aromatic N) is 1. The molecule has 4 aromatic rings. The number of carbonyl (C=O) groups is 1. The molecule has 0 radical (unpaired) electrons. The summed E-state index contributed by atoms with van der Waals surface area (Å²) in [5, 5.41) is 14.1. The highest BCUT2D eigenvalue weighted by Crippen LogP contribution is 2.21. The Morgan fingerprint density at radius 1 is 0.964 bits per heavy atom. The smallest absolute Gasteiger partial charge is 0.291 e. The summed E-state index contributed by atoms with van der Waals surface area (Å²) in [6, 6.07) is 26.0. The summed E-state index contributed by atoms with van der Waals surface area (Å²) < 4.78 is 11.2. The summed E-state index contributed by atoms with van der Waals surface area (Å²) in [4.78, 5) is 12.4. The molecule has 0 saturated carbocycles. The molecule has 0 spiro atoms. The Morgan fingerprint density at radius 2 is 1.75 bits per heavy atom. The van der Waals surface area contributed by atoms with Gasteiger partial charge in [-0.2, -0.15) is 5.26 Å². The van der Waals surface area contributed by atoms with Crippen LogP contribution in [0.3, 0.4) is 0 Å². The molecule has 0 bridgehead atoms. The predicted molar refractivity (Wildman–Crippen MR) is 106 cm³/mol. The number of ether oxygens (including phenoxy) is 1. The fraction of sp³-hybridized carbons (Fsp3) is 0.0435. The molecule has 4 rings (SSSR count). The first kappa shape index (κ1) is 17.4. The lowest BCUT2D eigenvalue weighted by atomic mass is 10.1. The van der Waals surface area contributed by atoms with Crippen molar-refractivity contribution in [3.8, 4) is 11.8 Å². The highest BCUT2D eigenvalue weighted by Gasteiger charge is 2.13. The predicted octanol–water partition coefficient (Wildman–Crippen LogP) is 5.14. The normalized spacial score (nSPS) is 10.4. The number of carbonyl (C=O) groups excluding carboxylic acids is 1. The van der Waals surface area contributed by atoms with Crippen LogP contribution in [0.2, 0.25) is 0 Å². The molecule has 1 amide bonds. The molecule has 0 unspecified atom stereocenters. The Hall–Kier alpha value is -4.04. The number of hydrogen-bond donors (Lipinski definition) is 1. The standard InChI is InChI=1S/C23H16N2O3/c24-14-18-7-3-4-8-21(18)27-15-20-11-12-22(28-20)23(26)25-19-10-9-16-5-1-2-6-17(16)13-19/h1-13H,15H2,(H,25,26). The molecule has 0 saturated heterocycles. The molecule has 3 aromatic carbocycles. The van der Waals surface area contributed by atoms with E-state index in [9.17, 15) is 4.79 Å². The van der Waals surface area contributed by atoms with Crippen molar-refractivity contribution in [2.75, 3.05) is 5.32 Å². The third kappa shape index (κ3) is 3.71. The van der Waals surface area contributed by atoms with Crippen molar-refractivity contribution in [3.05, 3.63) is 95.9 Å². The first-order chi connectivity index (χ1) is 13.7. The van der Waals surface area contributed by atoms with Crippen molar-refractivity contribution in [1.29, 1.82) is 5.26 Å². The number of furan rings is 1. The molecule has 0 aliphatic heterocycles. The molecule has 0 aliphatic carbocycles. The van der Waals surface area contributed by atoms with Crippen LogP contribution in [0.1, 0.15) is 21.9 Å². The summed E-state index contributed by atoms with van der Waals surface area (Å²) in [5.74, 6) is 0.833. The Kier molecular flexibility index (Phi) is 4.77. The number of hydrogen-bond acceptors (Lipinski definition) is 4. The topological polar surface area (TPSA) is 75.3 Å². The quantitative estimate of drug-likeness (QED) is 0.529. The van der Waals surface area contributed by atoms with Crippen LogP contribution in [0.25, 0.3) is 10.8 Å². The third-order valence-corrected chi connectivity index (χ3v) is 4.27. The van der Waals surface area contributed by atoms with Crippen LogP contribution in [0, 0.1) is 11.3 Å². The van der Waals surface area contributed by atoms with Gasteiger partial charge >= 0.3 is 0 Å². The van der Waals surface area contributed by atoms with Crippen LogP contribution >= 0.6 is 0 Å². The van der Waals surface area contributed by atoms with E-state index in [4.69, 9.17) is 14.4 Å². The van der Waals surface area contributed by atoms with Gasteiger partial charge in [0.25, 0.3) is 5.91 Å². The Balaban J connectivity index is 1.43. The number of nitrogens with one attached hydrogen (secondary N) is 1.